The number of nitrogens with one attached hydrogen (secondary N) is 2. The number of benzene rings is 2. The molecule has 4 nitrogen and oxygen atoms in total. The van der Waals surface area contributed by atoms with Gasteiger partial charge in [0.25, 0.3) is 0 Å². The molecule has 22 heavy (non-hydrogen) atoms. The maximum Gasteiger partial charge on any atom is 0.152 e. The number of fused-ring (bicyclic) bond motifs is 2. The Morgan fingerprint density at radius 3 is 1.50 bits per heavy atom. The summed E-state index contributed by atoms with van der Waals surface area (Å²) in [6.07, 6.45) is 5.38. The number of carbonyl (C=O) groups excluding carboxylic acids is 2. The number of hydrogen-bond donors (Lipinski definition) is 2. The number of carbonyl (C=O) groups is 2. The third kappa shape index (κ3) is 2.54. The van der Waals surface area contributed by atoms with Crippen molar-refractivity contribution in [2.45, 2.75) is 0 Å². The zero-order valence-electron chi connectivity index (χ0n) is 11.7. The predicted molar refractivity (Wildman–Crippen MR) is 87.4 cm³/mol. The highest BCUT2D eigenvalue weighted by atomic mass is 16.1. The highest BCUT2D eigenvalue weighted by molar-refractivity contribution is 5.96. The maximum absolute atomic E-state index is 10.5. The van der Waals surface area contributed by atoms with E-state index in [4.69, 9.17) is 0 Å². The lowest BCUT2D eigenvalue weighted by Gasteiger charge is -1.91. The Bertz CT molecular complexity index is 856. The van der Waals surface area contributed by atoms with Gasteiger partial charge in [0.1, 0.15) is 0 Å². The molecule has 0 radical (unpaired) electrons. The minimum Gasteiger partial charge on any atom is -0.361 e. The number of rotatable bonds is 2. The van der Waals surface area contributed by atoms with Crippen molar-refractivity contribution in [1.29, 1.82) is 0 Å². The molecule has 4 heteroatoms. The van der Waals surface area contributed by atoms with Gasteiger partial charge < -0.3 is 9.97 Å². The van der Waals surface area contributed by atoms with Crippen molar-refractivity contribution in [2.75, 3.05) is 0 Å². The van der Waals surface area contributed by atoms with E-state index in [1.807, 2.05) is 48.8 Å². The zero-order valence-corrected chi connectivity index (χ0v) is 11.7. The number of aldehydes is 2. The van der Waals surface area contributed by atoms with Gasteiger partial charge in [-0.25, -0.2) is 0 Å². The number of aromatic amines is 2. The lowest BCUT2D eigenvalue weighted by Crippen LogP contribution is -1.80. The van der Waals surface area contributed by atoms with E-state index in [-0.39, 0.29) is 0 Å². The average molecular weight is 290 g/mol. The number of aromatic nitrogens is 2. The van der Waals surface area contributed by atoms with E-state index >= 15 is 0 Å². The number of para-hydroxylation sites is 2. The molecule has 0 fully saturated rings. The van der Waals surface area contributed by atoms with Crippen LogP contribution in [0.25, 0.3) is 21.8 Å². The Labute approximate surface area is 126 Å². The predicted octanol–water partition coefficient (Wildman–Crippen LogP) is 3.96. The van der Waals surface area contributed by atoms with E-state index in [1.54, 1.807) is 12.1 Å². The second-order valence-corrected chi connectivity index (χ2v) is 4.81. The summed E-state index contributed by atoms with van der Waals surface area (Å²) in [5.74, 6) is 0. The summed E-state index contributed by atoms with van der Waals surface area (Å²) in [7, 11) is 0. The Balaban J connectivity index is 0.000000131. The van der Waals surface area contributed by atoms with Crippen molar-refractivity contribution in [3.63, 3.8) is 0 Å². The van der Waals surface area contributed by atoms with Crippen LogP contribution in [0.1, 0.15) is 20.7 Å². The molecule has 0 unspecified atom stereocenters. The summed E-state index contributed by atoms with van der Waals surface area (Å²) < 4.78 is 0. The molecule has 0 amide bonds. The molecule has 0 aliphatic heterocycles. The molecule has 0 saturated carbocycles. The topological polar surface area (TPSA) is 65.7 Å². The zero-order chi connectivity index (χ0) is 15.4. The molecule has 108 valence electrons. The molecule has 4 aromatic rings. The molecule has 2 N–H and O–H groups in total. The van der Waals surface area contributed by atoms with E-state index in [0.29, 0.717) is 11.1 Å². The fourth-order valence-corrected chi connectivity index (χ4v) is 2.41. The van der Waals surface area contributed by atoms with Gasteiger partial charge >= 0.3 is 0 Å². The molecule has 2 aromatic carbocycles. The maximum atomic E-state index is 10.5. The van der Waals surface area contributed by atoms with Crippen molar-refractivity contribution in [1.82, 2.24) is 9.97 Å². The van der Waals surface area contributed by atoms with Gasteiger partial charge in [-0.15, -0.1) is 0 Å². The van der Waals surface area contributed by atoms with E-state index in [9.17, 15) is 9.59 Å². The first kappa shape index (κ1) is 13.8. The molecule has 0 bridgehead atoms. The molecule has 0 saturated heterocycles. The first-order valence-corrected chi connectivity index (χ1v) is 6.86. The SMILES string of the molecule is O=Cc1cccc2cc[nH]c12.O=Cc1cccc2cc[nH]c12. The lowest BCUT2D eigenvalue weighted by molar-refractivity contribution is 0.111. The van der Waals surface area contributed by atoms with Crippen molar-refractivity contribution in [3.05, 3.63) is 72.1 Å². The fourth-order valence-electron chi connectivity index (χ4n) is 2.41. The monoisotopic (exact) mass is 290 g/mol. The smallest absolute Gasteiger partial charge is 0.152 e. The van der Waals surface area contributed by atoms with Crippen LogP contribution in [0.4, 0.5) is 0 Å². The normalized spacial score (nSPS) is 10.2. The largest absolute Gasteiger partial charge is 0.361 e. The first-order valence-electron chi connectivity index (χ1n) is 6.86. The standard InChI is InChI=1S/2C9H7NO/c2*11-6-8-3-1-2-7-4-5-10-9(7)8/h2*1-6,10H. The summed E-state index contributed by atoms with van der Waals surface area (Å²) in [5.41, 5.74) is 3.27. The fraction of sp³-hybridized carbons (Fsp3) is 0. The van der Waals surface area contributed by atoms with Gasteiger partial charge in [0.15, 0.2) is 12.6 Å². The van der Waals surface area contributed by atoms with E-state index in [1.165, 1.54) is 0 Å². The summed E-state index contributed by atoms with van der Waals surface area (Å²) in [6, 6.07) is 15.2. The number of H-pyrrole nitrogens is 2. The summed E-state index contributed by atoms with van der Waals surface area (Å²) in [5, 5.41) is 2.16. The van der Waals surface area contributed by atoms with Crippen molar-refractivity contribution in [2.24, 2.45) is 0 Å². The summed E-state index contributed by atoms with van der Waals surface area (Å²) in [4.78, 5) is 27.0. The minimum atomic E-state index is 0.715. The Kier molecular flexibility index (Phi) is 3.83. The van der Waals surface area contributed by atoms with Gasteiger partial charge in [-0.2, -0.15) is 0 Å². The third-order valence-corrected chi connectivity index (χ3v) is 3.49. The van der Waals surface area contributed by atoms with Gasteiger partial charge in [0.05, 0.1) is 11.0 Å². The second kappa shape index (κ2) is 6.10. The van der Waals surface area contributed by atoms with Crippen LogP contribution in [0.3, 0.4) is 0 Å². The molecule has 0 aliphatic rings. The molecule has 2 aromatic heterocycles. The summed E-state index contributed by atoms with van der Waals surface area (Å²) in [6.45, 7) is 0. The molecular weight excluding hydrogens is 276 g/mol. The van der Waals surface area contributed by atoms with Crippen molar-refractivity contribution in [3.8, 4) is 0 Å². The van der Waals surface area contributed by atoms with Crippen LogP contribution in [0, 0.1) is 0 Å². The first-order chi connectivity index (χ1) is 10.8. The van der Waals surface area contributed by atoms with Gasteiger partial charge in [-0.3, -0.25) is 9.59 Å². The van der Waals surface area contributed by atoms with Crippen LogP contribution in [0.2, 0.25) is 0 Å². The Morgan fingerprint density at radius 2 is 1.09 bits per heavy atom. The van der Waals surface area contributed by atoms with Crippen LogP contribution in [0.15, 0.2) is 60.9 Å². The van der Waals surface area contributed by atoms with Crippen molar-refractivity contribution < 1.29 is 9.59 Å². The molecule has 0 aliphatic carbocycles. The van der Waals surface area contributed by atoms with Crippen LogP contribution in [0.5, 0.6) is 0 Å². The third-order valence-electron chi connectivity index (χ3n) is 3.49. The Hall–Kier alpha value is -3.14. The van der Waals surface area contributed by atoms with E-state index in [0.717, 1.165) is 34.4 Å². The van der Waals surface area contributed by atoms with E-state index < -0.39 is 0 Å². The van der Waals surface area contributed by atoms with Crippen LogP contribution < -0.4 is 0 Å². The number of hydrogen-bond acceptors (Lipinski definition) is 2. The van der Waals surface area contributed by atoms with E-state index in [2.05, 4.69) is 9.97 Å². The van der Waals surface area contributed by atoms with Gasteiger partial charge in [0.2, 0.25) is 0 Å². The average Bonchev–Trinajstić information content (AvgIpc) is 3.23. The van der Waals surface area contributed by atoms with Gasteiger partial charge in [0, 0.05) is 34.3 Å². The molecular formula is C18H14N2O2. The molecule has 4 rings (SSSR count). The van der Waals surface area contributed by atoms with Crippen molar-refractivity contribution >= 4 is 34.4 Å². The second-order valence-electron chi connectivity index (χ2n) is 4.81. The minimum absolute atomic E-state index is 0.715. The van der Waals surface area contributed by atoms with Crippen LogP contribution >= 0.6 is 0 Å². The quantitative estimate of drug-likeness (QED) is 0.549. The van der Waals surface area contributed by atoms with Gasteiger partial charge in [-0.05, 0) is 24.3 Å². The molecule has 0 atom stereocenters. The molecule has 2 heterocycles. The Morgan fingerprint density at radius 1 is 0.636 bits per heavy atom. The van der Waals surface area contributed by atoms with Gasteiger partial charge in [-0.1, -0.05) is 24.3 Å². The highest BCUT2D eigenvalue weighted by Gasteiger charge is 1.98. The summed E-state index contributed by atoms with van der Waals surface area (Å²) >= 11 is 0. The highest BCUT2D eigenvalue weighted by Crippen LogP contribution is 2.15. The lowest BCUT2D eigenvalue weighted by atomic mass is 10.2. The van der Waals surface area contributed by atoms with Crippen LogP contribution in [-0.4, -0.2) is 22.5 Å². The van der Waals surface area contributed by atoms with Crippen LogP contribution in [-0.2, 0) is 0 Å². The molecule has 0 spiro atoms.